The summed E-state index contributed by atoms with van der Waals surface area (Å²) < 4.78 is 7.10. The summed E-state index contributed by atoms with van der Waals surface area (Å²) in [4.78, 5) is 8.09. The van der Waals surface area contributed by atoms with Gasteiger partial charge in [0.15, 0.2) is 6.23 Å². The van der Waals surface area contributed by atoms with Crippen LogP contribution in [0, 0.1) is 11.8 Å². The Hall–Kier alpha value is -2.22. The van der Waals surface area contributed by atoms with Gasteiger partial charge in [-0.05, 0) is 6.92 Å². The number of aromatic nitrogens is 3. The summed E-state index contributed by atoms with van der Waals surface area (Å²) in [6, 6.07) is 0. The molecule has 128 valence electrons. The lowest BCUT2D eigenvalue weighted by Gasteiger charge is -2.27. The number of rotatable bonds is 2. The van der Waals surface area contributed by atoms with Crippen molar-refractivity contribution in [3.05, 3.63) is 18.1 Å². The van der Waals surface area contributed by atoms with E-state index in [1.54, 1.807) is 6.20 Å². The SMILES string of the molecule is CC1(O)C(n2cc(C#CCO)c3c(N)ncnc32)OC(CO)[C@H]1O. The number of aliphatic hydroxyl groups excluding tert-OH is 3. The Morgan fingerprint density at radius 3 is 2.79 bits per heavy atom. The first-order chi connectivity index (χ1) is 11.4. The van der Waals surface area contributed by atoms with Gasteiger partial charge in [0.1, 0.15) is 42.2 Å². The van der Waals surface area contributed by atoms with E-state index in [9.17, 15) is 15.3 Å². The van der Waals surface area contributed by atoms with E-state index in [0.29, 0.717) is 16.6 Å². The molecule has 3 unspecified atom stereocenters. The summed E-state index contributed by atoms with van der Waals surface area (Å²) in [5.74, 6) is 5.47. The molecule has 24 heavy (non-hydrogen) atoms. The third-order valence-electron chi connectivity index (χ3n) is 4.13. The first-order valence-electron chi connectivity index (χ1n) is 7.29. The van der Waals surface area contributed by atoms with Gasteiger partial charge in [-0.25, -0.2) is 9.97 Å². The zero-order chi connectivity index (χ0) is 17.5. The number of anilines is 1. The smallest absolute Gasteiger partial charge is 0.167 e. The van der Waals surface area contributed by atoms with Crippen LogP contribution < -0.4 is 5.73 Å². The van der Waals surface area contributed by atoms with Crippen LogP contribution in [-0.4, -0.2) is 66.0 Å². The van der Waals surface area contributed by atoms with Gasteiger partial charge in [-0.1, -0.05) is 11.8 Å². The van der Waals surface area contributed by atoms with Crippen LogP contribution in [0.3, 0.4) is 0 Å². The van der Waals surface area contributed by atoms with E-state index in [2.05, 4.69) is 21.8 Å². The number of hydrogen-bond acceptors (Lipinski definition) is 8. The molecule has 9 nitrogen and oxygen atoms in total. The van der Waals surface area contributed by atoms with Crippen LogP contribution in [0.2, 0.25) is 0 Å². The first kappa shape index (κ1) is 16.6. The average Bonchev–Trinajstić information content (AvgIpc) is 3.02. The zero-order valence-corrected chi connectivity index (χ0v) is 12.9. The van der Waals surface area contributed by atoms with Gasteiger partial charge in [0.25, 0.3) is 0 Å². The molecule has 3 heterocycles. The Kier molecular flexibility index (Phi) is 4.16. The number of ether oxygens (including phenoxy) is 1. The molecule has 1 aliphatic rings. The van der Waals surface area contributed by atoms with E-state index >= 15 is 0 Å². The second-order valence-electron chi connectivity index (χ2n) is 5.75. The zero-order valence-electron chi connectivity index (χ0n) is 12.9. The van der Waals surface area contributed by atoms with Gasteiger partial charge in [-0.3, -0.25) is 0 Å². The number of nitrogens with zero attached hydrogens (tertiary/aromatic N) is 3. The summed E-state index contributed by atoms with van der Waals surface area (Å²) in [5, 5.41) is 39.5. The topological polar surface area (TPSA) is 147 Å². The minimum absolute atomic E-state index is 0.192. The number of hydrogen-bond donors (Lipinski definition) is 5. The molecule has 2 aromatic heterocycles. The summed E-state index contributed by atoms with van der Waals surface area (Å²) >= 11 is 0. The molecule has 0 radical (unpaired) electrons. The van der Waals surface area contributed by atoms with Gasteiger partial charge in [0, 0.05) is 6.20 Å². The van der Waals surface area contributed by atoms with Crippen molar-refractivity contribution in [2.45, 2.75) is 31.0 Å². The third-order valence-corrected chi connectivity index (χ3v) is 4.13. The van der Waals surface area contributed by atoms with Crippen molar-refractivity contribution in [1.29, 1.82) is 0 Å². The minimum Gasteiger partial charge on any atom is -0.394 e. The van der Waals surface area contributed by atoms with E-state index in [0.717, 1.165) is 0 Å². The van der Waals surface area contributed by atoms with E-state index in [4.69, 9.17) is 15.6 Å². The highest BCUT2D eigenvalue weighted by atomic mass is 16.6. The lowest BCUT2D eigenvalue weighted by Crippen LogP contribution is -2.44. The standard InChI is InChI=1S/C15H18N4O5/c1-15(23)11(22)9(6-21)24-14(15)19-5-8(3-2-4-20)10-12(16)17-7-18-13(10)19/h5,7,9,11,14,20-23H,4,6H2,1H3,(H2,16,17,18)/t9?,11-,14?,15?/m1/s1. The monoisotopic (exact) mass is 334 g/mol. The molecule has 2 aromatic rings. The average molecular weight is 334 g/mol. The molecule has 1 aliphatic heterocycles. The predicted molar refractivity (Wildman–Crippen MR) is 83.5 cm³/mol. The fourth-order valence-corrected chi connectivity index (χ4v) is 2.91. The van der Waals surface area contributed by atoms with Crippen LogP contribution in [0.4, 0.5) is 5.82 Å². The fraction of sp³-hybridized carbons (Fsp3) is 0.467. The largest absolute Gasteiger partial charge is 0.394 e. The number of fused-ring (bicyclic) bond motifs is 1. The molecule has 1 fully saturated rings. The van der Waals surface area contributed by atoms with E-state index in [1.165, 1.54) is 17.8 Å². The number of nitrogens with two attached hydrogens (primary N) is 1. The molecule has 1 saturated heterocycles. The summed E-state index contributed by atoms with van der Waals surface area (Å²) in [6.07, 6.45) is -0.402. The second kappa shape index (κ2) is 6.01. The normalized spacial score (nSPS) is 29.6. The van der Waals surface area contributed by atoms with Gasteiger partial charge < -0.3 is 35.5 Å². The van der Waals surface area contributed by atoms with Gasteiger partial charge in [-0.15, -0.1) is 0 Å². The lowest BCUT2D eigenvalue weighted by atomic mass is 9.96. The molecular formula is C15H18N4O5. The maximum Gasteiger partial charge on any atom is 0.167 e. The Labute approximate surface area is 137 Å². The van der Waals surface area contributed by atoms with Crippen molar-refractivity contribution in [3.63, 3.8) is 0 Å². The van der Waals surface area contributed by atoms with Crippen LogP contribution in [0.5, 0.6) is 0 Å². The highest BCUT2D eigenvalue weighted by molar-refractivity contribution is 5.92. The molecule has 0 saturated carbocycles. The highest BCUT2D eigenvalue weighted by Gasteiger charge is 2.53. The molecule has 0 aliphatic carbocycles. The molecule has 9 heteroatoms. The molecular weight excluding hydrogens is 316 g/mol. The quantitative estimate of drug-likeness (QED) is 0.411. The van der Waals surface area contributed by atoms with Crippen LogP contribution in [0.25, 0.3) is 11.0 Å². The van der Waals surface area contributed by atoms with Crippen molar-refractivity contribution in [1.82, 2.24) is 14.5 Å². The molecule has 0 aromatic carbocycles. The third kappa shape index (κ3) is 2.41. The first-order valence-corrected chi connectivity index (χ1v) is 7.29. The van der Waals surface area contributed by atoms with Gasteiger partial charge >= 0.3 is 0 Å². The van der Waals surface area contributed by atoms with Crippen LogP contribution in [0.15, 0.2) is 12.5 Å². The van der Waals surface area contributed by atoms with Crippen molar-refractivity contribution in [2.75, 3.05) is 18.9 Å². The van der Waals surface area contributed by atoms with Gasteiger partial charge in [-0.2, -0.15) is 0 Å². The highest BCUT2D eigenvalue weighted by Crippen LogP contribution is 2.40. The van der Waals surface area contributed by atoms with E-state index in [-0.39, 0.29) is 12.4 Å². The van der Waals surface area contributed by atoms with Gasteiger partial charge in [0.2, 0.25) is 0 Å². The number of aliphatic hydroxyl groups is 4. The second-order valence-corrected chi connectivity index (χ2v) is 5.75. The Morgan fingerprint density at radius 2 is 2.17 bits per heavy atom. The predicted octanol–water partition coefficient (Wildman–Crippen LogP) is -1.64. The molecule has 0 bridgehead atoms. The summed E-state index contributed by atoms with van der Waals surface area (Å²) in [7, 11) is 0. The van der Waals surface area contributed by atoms with Crippen molar-refractivity contribution < 1.29 is 25.2 Å². The maximum atomic E-state index is 10.6. The molecule has 3 rings (SSSR count). The number of nitrogen functional groups attached to an aromatic ring is 1. The van der Waals surface area contributed by atoms with Crippen molar-refractivity contribution in [3.8, 4) is 11.8 Å². The minimum atomic E-state index is -1.67. The molecule has 6 N–H and O–H groups in total. The van der Waals surface area contributed by atoms with Crippen LogP contribution >= 0.6 is 0 Å². The molecule has 0 amide bonds. The molecule has 4 atom stereocenters. The van der Waals surface area contributed by atoms with Crippen molar-refractivity contribution >= 4 is 16.9 Å². The Bertz CT molecular complexity index is 822. The van der Waals surface area contributed by atoms with Crippen LogP contribution in [0.1, 0.15) is 18.7 Å². The van der Waals surface area contributed by atoms with E-state index in [1.807, 2.05) is 0 Å². The Balaban J connectivity index is 2.19. The van der Waals surface area contributed by atoms with Gasteiger partial charge in [0.05, 0.1) is 17.6 Å². The maximum absolute atomic E-state index is 10.6. The Morgan fingerprint density at radius 1 is 1.42 bits per heavy atom. The lowest BCUT2D eigenvalue weighted by molar-refractivity contribution is -0.0948. The van der Waals surface area contributed by atoms with Crippen LogP contribution in [-0.2, 0) is 4.74 Å². The fourth-order valence-electron chi connectivity index (χ4n) is 2.91. The summed E-state index contributed by atoms with van der Waals surface area (Å²) in [5.41, 5.74) is 5.05. The molecule has 0 spiro atoms. The summed E-state index contributed by atoms with van der Waals surface area (Å²) in [6.45, 7) is 0.637. The van der Waals surface area contributed by atoms with E-state index < -0.39 is 30.6 Å². The van der Waals surface area contributed by atoms with Crippen molar-refractivity contribution in [2.24, 2.45) is 0 Å².